The summed E-state index contributed by atoms with van der Waals surface area (Å²) in [4.78, 5) is 41.4. The average Bonchev–Trinajstić information content (AvgIpc) is 3.31. The Bertz CT molecular complexity index is 934. The number of hydrogen-bond donors (Lipinski definition) is 2. The molecule has 0 radical (unpaired) electrons. The second-order valence-electron chi connectivity index (χ2n) is 8.97. The van der Waals surface area contributed by atoms with E-state index in [1.165, 1.54) is 11.3 Å². The van der Waals surface area contributed by atoms with E-state index < -0.39 is 6.04 Å². The van der Waals surface area contributed by atoms with Gasteiger partial charge in [-0.25, -0.2) is 0 Å². The minimum absolute atomic E-state index is 0.00127. The van der Waals surface area contributed by atoms with E-state index in [0.717, 1.165) is 10.4 Å². The summed E-state index contributed by atoms with van der Waals surface area (Å²) >= 11 is 1.44. The van der Waals surface area contributed by atoms with Crippen LogP contribution in [0.2, 0.25) is 0 Å². The second-order valence-corrected chi connectivity index (χ2v) is 9.92. The fourth-order valence-corrected chi connectivity index (χ4v) is 4.57. The molecule has 3 amide bonds. The molecule has 32 heavy (non-hydrogen) atoms. The van der Waals surface area contributed by atoms with E-state index in [9.17, 15) is 14.4 Å². The van der Waals surface area contributed by atoms with Gasteiger partial charge in [-0.3, -0.25) is 14.4 Å². The molecule has 7 heteroatoms. The van der Waals surface area contributed by atoms with Crippen molar-refractivity contribution >= 4 is 29.1 Å². The van der Waals surface area contributed by atoms with Gasteiger partial charge in [0.25, 0.3) is 11.8 Å². The third kappa shape index (κ3) is 5.97. The number of hydrogen-bond acceptors (Lipinski definition) is 4. The molecule has 1 aromatic carbocycles. The molecule has 2 aromatic rings. The number of nitrogens with zero attached hydrogens (tertiary/aromatic N) is 1. The number of nitrogens with one attached hydrogen (secondary N) is 2. The first-order valence-corrected chi connectivity index (χ1v) is 12.1. The number of rotatable bonds is 7. The van der Waals surface area contributed by atoms with Crippen molar-refractivity contribution in [3.63, 3.8) is 0 Å². The molecule has 2 unspecified atom stereocenters. The van der Waals surface area contributed by atoms with Crippen molar-refractivity contribution in [2.24, 2.45) is 11.8 Å². The Morgan fingerprint density at radius 3 is 2.34 bits per heavy atom. The summed E-state index contributed by atoms with van der Waals surface area (Å²) in [6.07, 6.45) is 1.33. The van der Waals surface area contributed by atoms with Crippen LogP contribution < -0.4 is 10.6 Å². The first-order valence-electron chi connectivity index (χ1n) is 11.3. The van der Waals surface area contributed by atoms with E-state index in [1.807, 2.05) is 54.5 Å². The molecule has 172 valence electrons. The molecule has 0 saturated carbocycles. The van der Waals surface area contributed by atoms with Crippen molar-refractivity contribution in [3.8, 4) is 0 Å². The highest BCUT2D eigenvalue weighted by Crippen LogP contribution is 2.24. The molecule has 1 fully saturated rings. The largest absolute Gasteiger partial charge is 0.352 e. The van der Waals surface area contributed by atoms with Crippen LogP contribution in [0.4, 0.5) is 0 Å². The maximum atomic E-state index is 13.2. The summed E-state index contributed by atoms with van der Waals surface area (Å²) in [5.41, 5.74) is 1.54. The minimum atomic E-state index is -0.636. The Morgan fingerprint density at radius 2 is 1.75 bits per heavy atom. The zero-order chi connectivity index (χ0) is 23.3. The van der Waals surface area contributed by atoms with Gasteiger partial charge < -0.3 is 15.5 Å². The number of benzene rings is 1. The monoisotopic (exact) mass is 455 g/mol. The van der Waals surface area contributed by atoms with Gasteiger partial charge in [0.05, 0.1) is 4.88 Å². The molecule has 2 atom stereocenters. The number of thiophene rings is 1. The lowest BCUT2D eigenvalue weighted by Crippen LogP contribution is -2.55. The average molecular weight is 456 g/mol. The van der Waals surface area contributed by atoms with Crippen molar-refractivity contribution in [1.82, 2.24) is 15.5 Å². The van der Waals surface area contributed by atoms with Crippen molar-refractivity contribution in [1.29, 1.82) is 0 Å². The van der Waals surface area contributed by atoms with Gasteiger partial charge in [-0.2, -0.15) is 0 Å². The molecule has 2 N–H and O–H groups in total. The third-order valence-electron chi connectivity index (χ3n) is 6.25. The smallest absolute Gasteiger partial charge is 0.263 e. The Kier molecular flexibility index (Phi) is 8.07. The van der Waals surface area contributed by atoms with Gasteiger partial charge in [0.2, 0.25) is 5.91 Å². The maximum absolute atomic E-state index is 13.2. The van der Waals surface area contributed by atoms with Crippen LogP contribution in [-0.4, -0.2) is 47.8 Å². The molecule has 2 heterocycles. The summed E-state index contributed by atoms with van der Waals surface area (Å²) in [5, 5.41) is 7.96. The molecule has 6 nitrogen and oxygen atoms in total. The van der Waals surface area contributed by atoms with E-state index in [1.54, 1.807) is 6.07 Å². The van der Waals surface area contributed by atoms with Crippen molar-refractivity contribution in [2.45, 2.75) is 52.6 Å². The molecule has 0 spiro atoms. The molecular weight excluding hydrogens is 422 g/mol. The first kappa shape index (κ1) is 24.0. The van der Waals surface area contributed by atoms with Gasteiger partial charge in [0, 0.05) is 24.7 Å². The van der Waals surface area contributed by atoms with Crippen LogP contribution in [0.5, 0.6) is 0 Å². The van der Waals surface area contributed by atoms with Crippen LogP contribution in [0.1, 0.15) is 59.2 Å². The van der Waals surface area contributed by atoms with Gasteiger partial charge >= 0.3 is 0 Å². The number of carbonyl (C=O) groups is 3. The van der Waals surface area contributed by atoms with Gasteiger partial charge in [0.15, 0.2) is 0 Å². The SMILES string of the molecule is Cc1cccc(C(=O)NC(C(=O)NC(C)C(C)C)C2CCN(C(=O)c3cccs3)CC2)c1. The topological polar surface area (TPSA) is 78.5 Å². The summed E-state index contributed by atoms with van der Waals surface area (Å²) < 4.78 is 0. The molecule has 1 aliphatic heterocycles. The molecule has 1 aromatic heterocycles. The van der Waals surface area contributed by atoms with Crippen LogP contribution >= 0.6 is 11.3 Å². The zero-order valence-electron chi connectivity index (χ0n) is 19.3. The Balaban J connectivity index is 1.71. The Morgan fingerprint density at radius 1 is 1.03 bits per heavy atom. The van der Waals surface area contributed by atoms with Crippen LogP contribution in [0.15, 0.2) is 41.8 Å². The lowest BCUT2D eigenvalue weighted by Gasteiger charge is -2.36. The molecule has 0 aliphatic carbocycles. The van der Waals surface area contributed by atoms with Gasteiger partial charge in [-0.05, 0) is 62.1 Å². The summed E-state index contributed by atoms with van der Waals surface area (Å²) in [7, 11) is 0. The van der Waals surface area contributed by atoms with Gasteiger partial charge in [-0.15, -0.1) is 11.3 Å². The van der Waals surface area contributed by atoms with E-state index >= 15 is 0 Å². The molecule has 3 rings (SSSR count). The molecule has 1 aliphatic rings. The molecule has 1 saturated heterocycles. The van der Waals surface area contributed by atoms with Crippen molar-refractivity contribution < 1.29 is 14.4 Å². The van der Waals surface area contributed by atoms with Crippen molar-refractivity contribution in [3.05, 3.63) is 57.8 Å². The maximum Gasteiger partial charge on any atom is 0.263 e. The summed E-state index contributed by atoms with van der Waals surface area (Å²) in [5.74, 6) is -0.108. The minimum Gasteiger partial charge on any atom is -0.352 e. The number of carbonyl (C=O) groups excluding carboxylic acids is 3. The van der Waals surface area contributed by atoms with E-state index in [2.05, 4.69) is 24.5 Å². The highest BCUT2D eigenvalue weighted by Gasteiger charge is 2.35. The molecule has 0 bridgehead atoms. The fraction of sp³-hybridized carbons (Fsp3) is 0.480. The van der Waals surface area contributed by atoms with Crippen LogP contribution in [0, 0.1) is 18.8 Å². The van der Waals surface area contributed by atoms with Crippen LogP contribution in [0.3, 0.4) is 0 Å². The Labute approximate surface area is 194 Å². The predicted molar refractivity (Wildman–Crippen MR) is 128 cm³/mol. The van der Waals surface area contributed by atoms with Gasteiger partial charge in [0.1, 0.15) is 6.04 Å². The number of aryl methyl sites for hydroxylation is 1. The molecular formula is C25H33N3O3S. The summed E-state index contributed by atoms with van der Waals surface area (Å²) in [6, 6.07) is 10.4. The fourth-order valence-electron chi connectivity index (χ4n) is 3.88. The Hall–Kier alpha value is -2.67. The third-order valence-corrected chi connectivity index (χ3v) is 7.11. The van der Waals surface area contributed by atoms with E-state index in [-0.39, 0.29) is 35.6 Å². The highest BCUT2D eigenvalue weighted by molar-refractivity contribution is 7.12. The number of amides is 3. The predicted octanol–water partition coefficient (Wildman–Crippen LogP) is 3.87. The summed E-state index contributed by atoms with van der Waals surface area (Å²) in [6.45, 7) is 9.17. The number of likely N-dealkylation sites (tertiary alicyclic amines) is 1. The lowest BCUT2D eigenvalue weighted by molar-refractivity contribution is -0.125. The van der Waals surface area contributed by atoms with Crippen molar-refractivity contribution in [2.75, 3.05) is 13.1 Å². The van der Waals surface area contributed by atoms with E-state index in [4.69, 9.17) is 0 Å². The normalized spacial score (nSPS) is 16.5. The highest BCUT2D eigenvalue weighted by atomic mass is 32.1. The zero-order valence-corrected chi connectivity index (χ0v) is 20.1. The quantitative estimate of drug-likeness (QED) is 0.665. The van der Waals surface area contributed by atoms with Crippen LogP contribution in [-0.2, 0) is 4.79 Å². The first-order chi connectivity index (χ1) is 15.3. The van der Waals surface area contributed by atoms with E-state index in [0.29, 0.717) is 31.5 Å². The number of piperidine rings is 1. The van der Waals surface area contributed by atoms with Crippen LogP contribution in [0.25, 0.3) is 0 Å². The lowest BCUT2D eigenvalue weighted by atomic mass is 9.88. The van der Waals surface area contributed by atoms with Gasteiger partial charge in [-0.1, -0.05) is 37.6 Å². The second kappa shape index (κ2) is 10.8. The standard InChI is InChI=1S/C25H33N3O3S/c1-16(2)18(4)26-24(30)22(27-23(29)20-8-5-7-17(3)15-20)19-10-12-28(13-11-19)25(31)21-9-6-14-32-21/h5-9,14-16,18-19,22H,10-13H2,1-4H3,(H,26,30)(H,27,29).